The maximum Gasteiger partial charge on any atom is 0.164 e. The summed E-state index contributed by atoms with van der Waals surface area (Å²) in [6, 6.07) is 41.3. The number of hydrogen-bond acceptors (Lipinski definition) is 5. The van der Waals surface area contributed by atoms with Crippen molar-refractivity contribution in [3.63, 3.8) is 0 Å². The van der Waals surface area contributed by atoms with E-state index in [0.717, 1.165) is 45.5 Å². The normalized spacial score (nSPS) is 11.6. The molecule has 3 heterocycles. The van der Waals surface area contributed by atoms with Crippen molar-refractivity contribution in [1.29, 1.82) is 0 Å². The second kappa shape index (κ2) is 10.5. The van der Waals surface area contributed by atoms with Gasteiger partial charge in [-0.3, -0.25) is 9.97 Å². The topological polar surface area (TPSA) is 64.5 Å². The van der Waals surface area contributed by atoms with E-state index in [1.807, 2.05) is 55.0 Å². The van der Waals surface area contributed by atoms with Crippen molar-refractivity contribution < 1.29 is 0 Å². The predicted molar refractivity (Wildman–Crippen MR) is 171 cm³/mol. The molecular weight excluding hydrogens is 526 g/mol. The fourth-order valence-electron chi connectivity index (χ4n) is 5.81. The van der Waals surface area contributed by atoms with Gasteiger partial charge in [-0.05, 0) is 52.1 Å². The Bertz CT molecular complexity index is 2110. The highest BCUT2D eigenvalue weighted by Crippen LogP contribution is 2.40. The molecule has 1 aliphatic rings. The van der Waals surface area contributed by atoms with Gasteiger partial charge >= 0.3 is 0 Å². The average Bonchev–Trinajstić information content (AvgIpc) is 3.48. The van der Waals surface area contributed by atoms with Gasteiger partial charge in [0.05, 0.1) is 5.69 Å². The van der Waals surface area contributed by atoms with Crippen molar-refractivity contribution in [2.24, 2.45) is 0 Å². The third-order valence-corrected chi connectivity index (χ3v) is 7.91. The second-order valence-electron chi connectivity index (χ2n) is 10.6. The van der Waals surface area contributed by atoms with Crippen LogP contribution < -0.4 is 0 Å². The molecule has 1 aliphatic carbocycles. The number of aromatic nitrogens is 5. The smallest absolute Gasteiger partial charge is 0.164 e. The SMILES string of the molecule is c1ccc(-c2cccc(-c3nc(-c4ccccc4)nc(-c4cccc(-c5nccc6c5Cc5ccncc5-6)c4)n3)c2)cc1. The number of benzene rings is 4. The average molecular weight is 552 g/mol. The molecule has 3 aromatic heterocycles. The number of nitrogens with zero attached hydrogens (tertiary/aromatic N) is 5. The van der Waals surface area contributed by atoms with E-state index in [-0.39, 0.29) is 0 Å². The van der Waals surface area contributed by atoms with Crippen LogP contribution in [0.15, 0.2) is 140 Å². The summed E-state index contributed by atoms with van der Waals surface area (Å²) < 4.78 is 0. The van der Waals surface area contributed by atoms with Crippen molar-refractivity contribution >= 4 is 0 Å². The molecular formula is C38H25N5. The van der Waals surface area contributed by atoms with Crippen LogP contribution in [0.4, 0.5) is 0 Å². The van der Waals surface area contributed by atoms with Gasteiger partial charge in [0.2, 0.25) is 0 Å². The molecule has 0 unspecified atom stereocenters. The Kier molecular flexibility index (Phi) is 6.12. The van der Waals surface area contributed by atoms with Crippen LogP contribution in [0.2, 0.25) is 0 Å². The summed E-state index contributed by atoms with van der Waals surface area (Å²) in [6.07, 6.45) is 6.53. The van der Waals surface area contributed by atoms with Crippen LogP contribution in [-0.2, 0) is 6.42 Å². The van der Waals surface area contributed by atoms with Gasteiger partial charge in [-0.15, -0.1) is 0 Å². The highest BCUT2D eigenvalue weighted by atomic mass is 15.0. The highest BCUT2D eigenvalue weighted by molar-refractivity contribution is 5.83. The zero-order valence-electron chi connectivity index (χ0n) is 23.2. The lowest BCUT2D eigenvalue weighted by Gasteiger charge is -2.11. The van der Waals surface area contributed by atoms with Gasteiger partial charge in [0, 0.05) is 52.8 Å². The minimum atomic E-state index is 0.621. The molecule has 0 amide bonds. The molecule has 5 nitrogen and oxygen atoms in total. The molecule has 0 spiro atoms. The summed E-state index contributed by atoms with van der Waals surface area (Å²) >= 11 is 0. The summed E-state index contributed by atoms with van der Waals surface area (Å²) in [4.78, 5) is 24.1. The van der Waals surface area contributed by atoms with Crippen LogP contribution in [0, 0.1) is 0 Å². The summed E-state index contributed by atoms with van der Waals surface area (Å²) in [5.74, 6) is 1.89. The molecule has 0 bridgehead atoms. The zero-order valence-corrected chi connectivity index (χ0v) is 23.2. The van der Waals surface area contributed by atoms with E-state index in [2.05, 4.69) is 89.9 Å². The van der Waals surface area contributed by atoms with Crippen LogP contribution in [-0.4, -0.2) is 24.9 Å². The van der Waals surface area contributed by atoms with E-state index in [1.54, 1.807) is 0 Å². The van der Waals surface area contributed by atoms with Crippen LogP contribution >= 0.6 is 0 Å². The number of hydrogen-bond donors (Lipinski definition) is 0. The summed E-state index contributed by atoms with van der Waals surface area (Å²) in [5.41, 5.74) is 11.9. The standard InChI is InChI=1S/C38H25N5/c1-3-9-25(10-4-1)27-13-7-15-30(21-27)37-41-36(26-11-5-2-6-12-26)42-38(43-37)31-16-8-14-29(22-31)35-33-23-28-17-19-39-24-34(28)32(33)18-20-40-35/h1-22,24H,23H2. The van der Waals surface area contributed by atoms with Gasteiger partial charge in [-0.2, -0.15) is 0 Å². The Labute approximate surface area is 249 Å². The molecule has 0 saturated heterocycles. The summed E-state index contributed by atoms with van der Waals surface area (Å²) in [7, 11) is 0. The minimum absolute atomic E-state index is 0.621. The first-order valence-electron chi connectivity index (χ1n) is 14.3. The third-order valence-electron chi connectivity index (χ3n) is 7.91. The van der Waals surface area contributed by atoms with Crippen LogP contribution in [0.5, 0.6) is 0 Å². The predicted octanol–water partition coefficient (Wildman–Crippen LogP) is 8.57. The van der Waals surface area contributed by atoms with Crippen LogP contribution in [0.1, 0.15) is 11.1 Å². The Morgan fingerprint density at radius 1 is 0.442 bits per heavy atom. The van der Waals surface area contributed by atoms with E-state index in [1.165, 1.54) is 22.3 Å². The summed E-state index contributed by atoms with van der Waals surface area (Å²) in [6.45, 7) is 0. The van der Waals surface area contributed by atoms with Crippen LogP contribution in [0.25, 0.3) is 67.7 Å². The van der Waals surface area contributed by atoms with Gasteiger partial charge in [-0.25, -0.2) is 15.0 Å². The first-order valence-corrected chi connectivity index (χ1v) is 14.3. The Hall–Kier alpha value is -5.81. The van der Waals surface area contributed by atoms with Crippen molar-refractivity contribution in [3.8, 4) is 67.7 Å². The molecule has 4 aromatic carbocycles. The fraction of sp³-hybridized carbons (Fsp3) is 0.0263. The first kappa shape index (κ1) is 24.9. The molecule has 0 N–H and O–H groups in total. The van der Waals surface area contributed by atoms with Gasteiger partial charge < -0.3 is 0 Å². The molecule has 0 saturated carbocycles. The Morgan fingerprint density at radius 2 is 1.02 bits per heavy atom. The van der Waals surface area contributed by atoms with E-state index in [0.29, 0.717) is 17.5 Å². The minimum Gasteiger partial charge on any atom is -0.264 e. The lowest BCUT2D eigenvalue weighted by Crippen LogP contribution is -2.00. The van der Waals surface area contributed by atoms with E-state index < -0.39 is 0 Å². The van der Waals surface area contributed by atoms with Crippen molar-refractivity contribution in [1.82, 2.24) is 24.9 Å². The molecule has 0 fully saturated rings. The molecule has 0 radical (unpaired) electrons. The molecule has 202 valence electrons. The molecule has 0 atom stereocenters. The van der Waals surface area contributed by atoms with Gasteiger partial charge in [0.25, 0.3) is 0 Å². The van der Waals surface area contributed by atoms with Crippen molar-refractivity contribution in [3.05, 3.63) is 151 Å². The quantitative estimate of drug-likeness (QED) is 0.214. The molecule has 7 aromatic rings. The van der Waals surface area contributed by atoms with Crippen molar-refractivity contribution in [2.45, 2.75) is 6.42 Å². The molecule has 0 aliphatic heterocycles. The Morgan fingerprint density at radius 3 is 1.74 bits per heavy atom. The van der Waals surface area contributed by atoms with Gasteiger partial charge in [-0.1, -0.05) is 97.1 Å². The third kappa shape index (κ3) is 4.67. The van der Waals surface area contributed by atoms with E-state index in [4.69, 9.17) is 19.9 Å². The monoisotopic (exact) mass is 551 g/mol. The summed E-state index contributed by atoms with van der Waals surface area (Å²) in [5, 5.41) is 0. The molecule has 43 heavy (non-hydrogen) atoms. The largest absolute Gasteiger partial charge is 0.264 e. The van der Waals surface area contributed by atoms with Crippen molar-refractivity contribution in [2.75, 3.05) is 0 Å². The second-order valence-corrected chi connectivity index (χ2v) is 10.6. The molecule has 8 rings (SSSR count). The van der Waals surface area contributed by atoms with Crippen LogP contribution in [0.3, 0.4) is 0 Å². The number of fused-ring (bicyclic) bond motifs is 3. The first-order chi connectivity index (χ1) is 21.3. The maximum absolute atomic E-state index is 5.02. The number of pyridine rings is 2. The highest BCUT2D eigenvalue weighted by Gasteiger charge is 2.23. The zero-order chi connectivity index (χ0) is 28.6. The Balaban J connectivity index is 1.25. The lowest BCUT2D eigenvalue weighted by atomic mass is 10.00. The molecule has 5 heteroatoms. The maximum atomic E-state index is 5.02. The van der Waals surface area contributed by atoms with E-state index in [9.17, 15) is 0 Å². The fourth-order valence-corrected chi connectivity index (χ4v) is 5.81. The van der Waals surface area contributed by atoms with E-state index >= 15 is 0 Å². The van der Waals surface area contributed by atoms with Gasteiger partial charge in [0.1, 0.15) is 0 Å². The van der Waals surface area contributed by atoms with Gasteiger partial charge in [0.15, 0.2) is 17.5 Å². The lowest BCUT2D eigenvalue weighted by molar-refractivity contribution is 1.07. The number of rotatable bonds is 5.